The van der Waals surface area contributed by atoms with E-state index in [2.05, 4.69) is 15.9 Å². The molecular formula is C10H10BrFN2O3. The maximum atomic E-state index is 13.4. The second-order valence-electron chi connectivity index (χ2n) is 3.90. The van der Waals surface area contributed by atoms with Crippen LogP contribution in [0, 0.1) is 15.9 Å². The molecule has 1 aliphatic rings. The first-order valence-electron chi connectivity index (χ1n) is 5.05. The maximum absolute atomic E-state index is 13.4. The minimum Gasteiger partial charge on any atom is -0.391 e. The summed E-state index contributed by atoms with van der Waals surface area (Å²) in [6, 6.07) is 2.27. The molecule has 1 N–H and O–H groups in total. The van der Waals surface area contributed by atoms with E-state index in [4.69, 9.17) is 0 Å². The van der Waals surface area contributed by atoms with Crippen molar-refractivity contribution in [3.05, 3.63) is 32.5 Å². The van der Waals surface area contributed by atoms with Crippen LogP contribution in [-0.2, 0) is 0 Å². The predicted octanol–water partition coefficient (Wildman–Crippen LogP) is 2.07. The molecule has 1 aliphatic heterocycles. The molecule has 1 heterocycles. The second-order valence-corrected chi connectivity index (χ2v) is 4.75. The highest BCUT2D eigenvalue weighted by atomic mass is 79.9. The molecule has 1 aromatic carbocycles. The lowest BCUT2D eigenvalue weighted by molar-refractivity contribution is -0.384. The van der Waals surface area contributed by atoms with E-state index in [0.717, 1.165) is 12.1 Å². The highest BCUT2D eigenvalue weighted by molar-refractivity contribution is 9.10. The number of β-amino-alcohol motifs (C(OH)–C–C–N with tert-alkyl or cyclic N) is 1. The third-order valence-corrected chi connectivity index (χ3v) is 3.33. The topological polar surface area (TPSA) is 66.6 Å². The minimum atomic E-state index is -0.551. The molecule has 1 fully saturated rings. The summed E-state index contributed by atoms with van der Waals surface area (Å²) in [6.45, 7) is 0.783. The van der Waals surface area contributed by atoms with E-state index in [1.807, 2.05) is 0 Å². The molecule has 7 heteroatoms. The molecule has 0 saturated carbocycles. The van der Waals surface area contributed by atoms with Crippen LogP contribution in [0.3, 0.4) is 0 Å². The Bertz CT molecular complexity index is 469. The Morgan fingerprint density at radius 3 is 2.82 bits per heavy atom. The van der Waals surface area contributed by atoms with Crippen LogP contribution >= 0.6 is 15.9 Å². The van der Waals surface area contributed by atoms with E-state index in [1.165, 1.54) is 0 Å². The molecular weight excluding hydrogens is 295 g/mol. The van der Waals surface area contributed by atoms with Crippen LogP contribution in [0.25, 0.3) is 0 Å². The number of aliphatic hydroxyl groups excluding tert-OH is 1. The van der Waals surface area contributed by atoms with E-state index < -0.39 is 16.8 Å². The normalized spacial score (nSPS) is 19.7. The summed E-state index contributed by atoms with van der Waals surface area (Å²) in [5.41, 5.74) is 0.0552. The van der Waals surface area contributed by atoms with E-state index in [9.17, 15) is 19.6 Å². The van der Waals surface area contributed by atoms with Crippen molar-refractivity contribution in [2.24, 2.45) is 0 Å². The highest BCUT2D eigenvalue weighted by Crippen LogP contribution is 2.34. The van der Waals surface area contributed by atoms with Crippen LogP contribution in [0.4, 0.5) is 15.8 Å². The van der Waals surface area contributed by atoms with Crippen LogP contribution in [0.2, 0.25) is 0 Å². The van der Waals surface area contributed by atoms with Crippen molar-refractivity contribution in [2.45, 2.75) is 12.5 Å². The predicted molar refractivity (Wildman–Crippen MR) is 63.6 cm³/mol. The van der Waals surface area contributed by atoms with Gasteiger partial charge in [-0.25, -0.2) is 4.39 Å². The van der Waals surface area contributed by atoms with Gasteiger partial charge in [0.25, 0.3) is 5.69 Å². The van der Waals surface area contributed by atoms with Crippen LogP contribution < -0.4 is 4.90 Å². The Hall–Kier alpha value is -1.21. The highest BCUT2D eigenvalue weighted by Gasteiger charge is 2.27. The van der Waals surface area contributed by atoms with Crippen molar-refractivity contribution in [3.63, 3.8) is 0 Å². The van der Waals surface area contributed by atoms with Crippen molar-refractivity contribution < 1.29 is 14.4 Å². The van der Waals surface area contributed by atoms with Gasteiger partial charge < -0.3 is 10.0 Å². The van der Waals surface area contributed by atoms with Gasteiger partial charge >= 0.3 is 0 Å². The van der Waals surface area contributed by atoms with E-state index in [0.29, 0.717) is 19.5 Å². The first-order chi connectivity index (χ1) is 7.99. The quantitative estimate of drug-likeness (QED) is 0.671. The minimum absolute atomic E-state index is 0.0627. The summed E-state index contributed by atoms with van der Waals surface area (Å²) in [4.78, 5) is 12.0. The smallest absolute Gasteiger partial charge is 0.293 e. The summed E-state index contributed by atoms with van der Waals surface area (Å²) in [7, 11) is 0. The van der Waals surface area contributed by atoms with Gasteiger partial charge in [-0.3, -0.25) is 10.1 Å². The van der Waals surface area contributed by atoms with Gasteiger partial charge in [0.1, 0.15) is 11.5 Å². The van der Waals surface area contributed by atoms with Gasteiger partial charge in [0.2, 0.25) is 0 Å². The zero-order valence-corrected chi connectivity index (χ0v) is 10.4. The summed E-state index contributed by atoms with van der Waals surface area (Å²) in [5.74, 6) is -0.549. The molecule has 5 nitrogen and oxygen atoms in total. The van der Waals surface area contributed by atoms with Crippen LogP contribution in [0.5, 0.6) is 0 Å². The van der Waals surface area contributed by atoms with Crippen molar-refractivity contribution in [1.29, 1.82) is 0 Å². The first-order valence-corrected chi connectivity index (χ1v) is 5.85. The Balaban J connectivity index is 2.44. The average Bonchev–Trinajstić information content (AvgIpc) is 2.68. The average molecular weight is 305 g/mol. The molecule has 1 aromatic rings. The molecule has 0 radical (unpaired) electrons. The summed E-state index contributed by atoms with van der Waals surface area (Å²) < 4.78 is 13.5. The molecule has 2 rings (SSSR count). The van der Waals surface area contributed by atoms with Crippen molar-refractivity contribution in [1.82, 2.24) is 0 Å². The molecule has 0 aromatic heterocycles. The molecule has 1 atom stereocenters. The zero-order valence-electron chi connectivity index (χ0n) is 8.77. The lowest BCUT2D eigenvalue weighted by Crippen LogP contribution is -2.22. The Labute approximate surface area is 105 Å². The Morgan fingerprint density at radius 1 is 1.59 bits per heavy atom. The van der Waals surface area contributed by atoms with Crippen molar-refractivity contribution in [2.75, 3.05) is 18.0 Å². The number of rotatable bonds is 2. The number of nitro benzene ring substituents is 1. The number of anilines is 1. The van der Waals surface area contributed by atoms with Gasteiger partial charge in [0, 0.05) is 25.2 Å². The summed E-state index contributed by atoms with van der Waals surface area (Å²) in [6.07, 6.45) is 0.0239. The first kappa shape index (κ1) is 12.3. The largest absolute Gasteiger partial charge is 0.391 e. The Kier molecular flexibility index (Phi) is 3.30. The standard InChI is InChI=1S/C10H10BrFN2O3/c11-7-3-10(14(16)17)9(4-8(7)12)13-2-1-6(15)5-13/h3-4,6,15H,1-2,5H2/t6-/m1/s1. The molecule has 0 amide bonds. The SMILES string of the molecule is O=[N+]([O-])c1cc(Br)c(F)cc1N1CC[C@@H](O)C1. The molecule has 0 spiro atoms. The lowest BCUT2D eigenvalue weighted by atomic mass is 10.2. The number of benzene rings is 1. The third kappa shape index (κ3) is 2.39. The van der Waals surface area contributed by atoms with E-state index >= 15 is 0 Å². The number of halogens is 2. The molecule has 92 valence electrons. The number of aliphatic hydroxyl groups is 1. The van der Waals surface area contributed by atoms with Gasteiger partial charge in [0.15, 0.2) is 0 Å². The zero-order chi connectivity index (χ0) is 12.6. The van der Waals surface area contributed by atoms with Gasteiger partial charge in [0.05, 0.1) is 15.5 Å². The third-order valence-electron chi connectivity index (χ3n) is 2.72. The van der Waals surface area contributed by atoms with Crippen LogP contribution in [0.15, 0.2) is 16.6 Å². The molecule has 1 saturated heterocycles. The van der Waals surface area contributed by atoms with E-state index in [1.54, 1.807) is 4.90 Å². The number of nitro groups is 1. The lowest BCUT2D eigenvalue weighted by Gasteiger charge is -2.17. The number of nitrogens with zero attached hydrogens (tertiary/aromatic N) is 2. The van der Waals surface area contributed by atoms with Crippen LogP contribution in [-0.4, -0.2) is 29.2 Å². The van der Waals surface area contributed by atoms with Crippen LogP contribution in [0.1, 0.15) is 6.42 Å². The summed E-state index contributed by atoms with van der Waals surface area (Å²) in [5, 5.41) is 20.3. The molecule has 17 heavy (non-hydrogen) atoms. The second kappa shape index (κ2) is 4.58. The van der Waals surface area contributed by atoms with Gasteiger partial charge in [-0.2, -0.15) is 0 Å². The fourth-order valence-electron chi connectivity index (χ4n) is 1.89. The fraction of sp³-hybridized carbons (Fsp3) is 0.400. The Morgan fingerprint density at radius 2 is 2.29 bits per heavy atom. The monoisotopic (exact) mass is 304 g/mol. The van der Waals surface area contributed by atoms with Gasteiger partial charge in [-0.15, -0.1) is 0 Å². The van der Waals surface area contributed by atoms with Crippen molar-refractivity contribution >= 4 is 27.3 Å². The number of hydrogen-bond donors (Lipinski definition) is 1. The summed E-state index contributed by atoms with van der Waals surface area (Å²) >= 11 is 2.92. The fourth-order valence-corrected chi connectivity index (χ4v) is 2.22. The van der Waals surface area contributed by atoms with E-state index in [-0.39, 0.29) is 15.8 Å². The maximum Gasteiger partial charge on any atom is 0.293 e. The number of hydrogen-bond acceptors (Lipinski definition) is 4. The van der Waals surface area contributed by atoms with Gasteiger partial charge in [-0.1, -0.05) is 0 Å². The van der Waals surface area contributed by atoms with Crippen molar-refractivity contribution in [3.8, 4) is 0 Å². The molecule has 0 bridgehead atoms. The molecule has 0 unspecified atom stereocenters. The van der Waals surface area contributed by atoms with Gasteiger partial charge in [-0.05, 0) is 22.4 Å². The molecule has 0 aliphatic carbocycles.